The summed E-state index contributed by atoms with van der Waals surface area (Å²) in [5.74, 6) is -0.519. The number of carboxylic acid groups (broad SMARTS) is 1. The van der Waals surface area contributed by atoms with Gasteiger partial charge in [-0.3, -0.25) is 0 Å². The summed E-state index contributed by atoms with van der Waals surface area (Å²) in [4.78, 5) is 11.1. The van der Waals surface area contributed by atoms with Gasteiger partial charge in [0.1, 0.15) is 11.3 Å². The molecule has 1 aromatic carbocycles. The molecule has 4 nitrogen and oxygen atoms in total. The zero-order valence-electron chi connectivity index (χ0n) is 11.1. The third-order valence-electron chi connectivity index (χ3n) is 4.00. The van der Waals surface area contributed by atoms with Crippen LogP contribution in [-0.2, 0) is 0 Å². The first-order chi connectivity index (χ1) is 9.17. The van der Waals surface area contributed by atoms with E-state index in [0.29, 0.717) is 18.9 Å². The van der Waals surface area contributed by atoms with Gasteiger partial charge in [-0.1, -0.05) is 31.4 Å². The van der Waals surface area contributed by atoms with Gasteiger partial charge in [-0.15, -0.1) is 0 Å². The minimum absolute atomic E-state index is 0.0177. The summed E-state index contributed by atoms with van der Waals surface area (Å²) in [5.41, 5.74) is 6.14. The van der Waals surface area contributed by atoms with E-state index in [1.54, 1.807) is 24.3 Å². The molecule has 0 unspecified atom stereocenters. The summed E-state index contributed by atoms with van der Waals surface area (Å²) in [6.45, 7) is 1.11. The lowest BCUT2D eigenvalue weighted by atomic mass is 9.75. The van der Waals surface area contributed by atoms with Crippen molar-refractivity contribution in [1.82, 2.24) is 0 Å². The van der Waals surface area contributed by atoms with E-state index in [1.165, 1.54) is 19.3 Å². The Balaban J connectivity index is 2.07. The maximum atomic E-state index is 11.1. The molecule has 0 bridgehead atoms. The lowest BCUT2D eigenvalue weighted by molar-refractivity contribution is 0.0681. The summed E-state index contributed by atoms with van der Waals surface area (Å²) in [6.07, 6.45) is 5.76. The molecule has 104 valence electrons. The highest BCUT2D eigenvalue weighted by atomic mass is 16.5. The quantitative estimate of drug-likeness (QED) is 0.856. The summed E-state index contributed by atoms with van der Waals surface area (Å²) in [6, 6.07) is 6.76. The SMILES string of the molecule is NCC1(COc2ccccc2C(=O)O)CCCCC1. The molecule has 3 N–H and O–H groups in total. The molecule has 4 heteroatoms. The van der Waals surface area contributed by atoms with Crippen molar-refractivity contribution in [1.29, 1.82) is 0 Å². The molecule has 1 fully saturated rings. The summed E-state index contributed by atoms with van der Waals surface area (Å²) in [5, 5.41) is 9.12. The van der Waals surface area contributed by atoms with Crippen molar-refractivity contribution in [2.24, 2.45) is 11.1 Å². The van der Waals surface area contributed by atoms with Crippen LogP contribution in [0, 0.1) is 5.41 Å². The predicted octanol–water partition coefficient (Wildman–Crippen LogP) is 2.67. The monoisotopic (exact) mass is 263 g/mol. The van der Waals surface area contributed by atoms with Crippen LogP contribution in [0.15, 0.2) is 24.3 Å². The first-order valence-corrected chi connectivity index (χ1v) is 6.82. The van der Waals surface area contributed by atoms with Gasteiger partial charge in [-0.05, 0) is 25.0 Å². The Bertz CT molecular complexity index is 439. The Morgan fingerprint density at radius 2 is 1.95 bits per heavy atom. The molecule has 0 amide bonds. The van der Waals surface area contributed by atoms with Gasteiger partial charge in [0.2, 0.25) is 0 Å². The Hall–Kier alpha value is -1.55. The Morgan fingerprint density at radius 1 is 1.26 bits per heavy atom. The number of carbonyl (C=O) groups is 1. The fraction of sp³-hybridized carbons (Fsp3) is 0.533. The van der Waals surface area contributed by atoms with Gasteiger partial charge in [0, 0.05) is 12.0 Å². The molecule has 0 spiro atoms. The second-order valence-corrected chi connectivity index (χ2v) is 5.35. The lowest BCUT2D eigenvalue weighted by Gasteiger charge is -2.35. The molecule has 0 heterocycles. The number of ether oxygens (including phenoxy) is 1. The molecule has 19 heavy (non-hydrogen) atoms. The molecule has 0 saturated heterocycles. The molecule has 1 aliphatic carbocycles. The summed E-state index contributed by atoms with van der Waals surface area (Å²) >= 11 is 0. The van der Waals surface area contributed by atoms with Crippen molar-refractivity contribution in [2.45, 2.75) is 32.1 Å². The number of hydrogen-bond donors (Lipinski definition) is 2. The van der Waals surface area contributed by atoms with Gasteiger partial charge in [-0.25, -0.2) is 4.79 Å². The molecule has 0 atom stereocenters. The zero-order chi connectivity index (χ0) is 13.7. The van der Waals surface area contributed by atoms with Gasteiger partial charge < -0.3 is 15.6 Å². The van der Waals surface area contributed by atoms with E-state index in [4.69, 9.17) is 15.6 Å². The van der Waals surface area contributed by atoms with E-state index in [0.717, 1.165) is 12.8 Å². The topological polar surface area (TPSA) is 72.5 Å². The maximum Gasteiger partial charge on any atom is 0.339 e. The minimum atomic E-state index is -0.957. The van der Waals surface area contributed by atoms with E-state index < -0.39 is 5.97 Å². The van der Waals surface area contributed by atoms with Gasteiger partial charge in [0.05, 0.1) is 6.61 Å². The second-order valence-electron chi connectivity index (χ2n) is 5.35. The Morgan fingerprint density at radius 3 is 2.58 bits per heavy atom. The summed E-state index contributed by atoms with van der Waals surface area (Å²) in [7, 11) is 0. The highest BCUT2D eigenvalue weighted by Crippen LogP contribution is 2.36. The van der Waals surface area contributed by atoms with Crippen LogP contribution in [0.25, 0.3) is 0 Å². The van der Waals surface area contributed by atoms with Crippen molar-refractivity contribution in [3.05, 3.63) is 29.8 Å². The number of rotatable bonds is 5. The number of hydrogen-bond acceptors (Lipinski definition) is 3. The smallest absolute Gasteiger partial charge is 0.339 e. The van der Waals surface area contributed by atoms with Gasteiger partial charge in [-0.2, -0.15) is 0 Å². The molecule has 1 aromatic rings. The zero-order valence-corrected chi connectivity index (χ0v) is 11.1. The average molecular weight is 263 g/mol. The minimum Gasteiger partial charge on any atom is -0.492 e. The number of nitrogens with two attached hydrogens (primary N) is 1. The molecule has 1 aliphatic rings. The molecule has 1 saturated carbocycles. The van der Waals surface area contributed by atoms with Crippen LogP contribution in [0.1, 0.15) is 42.5 Å². The lowest BCUT2D eigenvalue weighted by Crippen LogP contribution is -2.38. The second kappa shape index (κ2) is 6.06. The Kier molecular flexibility index (Phi) is 4.43. The molecular formula is C15H21NO3. The van der Waals surface area contributed by atoms with Crippen LogP contribution in [-0.4, -0.2) is 24.2 Å². The van der Waals surface area contributed by atoms with Gasteiger partial charge >= 0.3 is 5.97 Å². The van der Waals surface area contributed by atoms with Crippen LogP contribution >= 0.6 is 0 Å². The van der Waals surface area contributed by atoms with Gasteiger partial charge in [0.25, 0.3) is 0 Å². The van der Waals surface area contributed by atoms with Crippen molar-refractivity contribution in [3.63, 3.8) is 0 Å². The van der Waals surface area contributed by atoms with E-state index in [1.807, 2.05) is 0 Å². The van der Waals surface area contributed by atoms with E-state index in [2.05, 4.69) is 0 Å². The molecular weight excluding hydrogens is 242 g/mol. The predicted molar refractivity (Wildman–Crippen MR) is 73.5 cm³/mol. The van der Waals surface area contributed by atoms with Crippen LogP contribution in [0.4, 0.5) is 0 Å². The molecule has 2 rings (SSSR count). The fourth-order valence-electron chi connectivity index (χ4n) is 2.71. The number of benzene rings is 1. The number of aromatic carboxylic acids is 1. The van der Waals surface area contributed by atoms with Crippen molar-refractivity contribution in [2.75, 3.05) is 13.2 Å². The standard InChI is InChI=1S/C15H21NO3/c16-10-15(8-4-1-5-9-15)11-19-13-7-3-2-6-12(13)14(17)18/h2-3,6-7H,1,4-5,8-11,16H2,(H,17,18). The number of carboxylic acids is 1. The molecule has 0 aliphatic heterocycles. The third-order valence-corrected chi connectivity index (χ3v) is 4.00. The van der Waals surface area contributed by atoms with Crippen LogP contribution < -0.4 is 10.5 Å². The van der Waals surface area contributed by atoms with E-state index in [9.17, 15) is 4.79 Å². The van der Waals surface area contributed by atoms with E-state index >= 15 is 0 Å². The van der Waals surface area contributed by atoms with Crippen LogP contribution in [0.5, 0.6) is 5.75 Å². The van der Waals surface area contributed by atoms with Crippen molar-refractivity contribution < 1.29 is 14.6 Å². The maximum absolute atomic E-state index is 11.1. The average Bonchev–Trinajstić information content (AvgIpc) is 2.46. The Labute approximate surface area is 113 Å². The van der Waals surface area contributed by atoms with Gasteiger partial charge in [0.15, 0.2) is 0 Å². The van der Waals surface area contributed by atoms with Crippen molar-refractivity contribution >= 4 is 5.97 Å². The summed E-state index contributed by atoms with van der Waals surface area (Å²) < 4.78 is 5.77. The first-order valence-electron chi connectivity index (χ1n) is 6.82. The first kappa shape index (κ1) is 13.9. The number of para-hydroxylation sites is 1. The van der Waals surface area contributed by atoms with Crippen LogP contribution in [0.2, 0.25) is 0 Å². The fourth-order valence-corrected chi connectivity index (χ4v) is 2.71. The van der Waals surface area contributed by atoms with E-state index in [-0.39, 0.29) is 11.0 Å². The highest BCUT2D eigenvalue weighted by Gasteiger charge is 2.31. The highest BCUT2D eigenvalue weighted by molar-refractivity contribution is 5.90. The van der Waals surface area contributed by atoms with Crippen molar-refractivity contribution in [3.8, 4) is 5.75 Å². The molecule has 0 radical (unpaired) electrons. The molecule has 0 aromatic heterocycles. The van der Waals surface area contributed by atoms with Crippen LogP contribution in [0.3, 0.4) is 0 Å². The normalized spacial score (nSPS) is 17.9. The largest absolute Gasteiger partial charge is 0.492 e. The third kappa shape index (κ3) is 3.26.